The Morgan fingerprint density at radius 3 is 2.17 bits per heavy atom. The third kappa shape index (κ3) is 7.11. The largest absolute Gasteiger partial charge is 3.00 e. The van der Waals surface area contributed by atoms with Gasteiger partial charge in [0, 0.05) is 0 Å². The fourth-order valence-corrected chi connectivity index (χ4v) is 2.23. The number of nitrogens with zero attached hydrogens (tertiary/aromatic N) is 1. The van der Waals surface area contributed by atoms with E-state index in [0.29, 0.717) is 5.92 Å². The predicted molar refractivity (Wildman–Crippen MR) is 91.8 cm³/mol. The molecule has 0 atom stereocenters. The maximum atomic E-state index is 4.66. The van der Waals surface area contributed by atoms with Crippen LogP contribution in [0.3, 0.4) is 0 Å². The molecule has 0 N–H and O–H groups in total. The molecule has 4 heteroatoms. The van der Waals surface area contributed by atoms with Gasteiger partial charge in [0.1, 0.15) is 0 Å². The second kappa shape index (κ2) is 11.1. The first-order valence-electron chi connectivity index (χ1n) is 7.54. The summed E-state index contributed by atoms with van der Waals surface area (Å²) in [5, 5.41) is 0. The van der Waals surface area contributed by atoms with Gasteiger partial charge >= 0.3 is 21.7 Å². The van der Waals surface area contributed by atoms with Crippen LogP contribution in [0.5, 0.6) is 0 Å². The molecule has 0 aliphatic carbocycles. The quantitative estimate of drug-likeness (QED) is 0.382. The summed E-state index contributed by atoms with van der Waals surface area (Å²) in [6.07, 6.45) is 1.91. The van der Waals surface area contributed by atoms with Crippen LogP contribution in [0.15, 0.2) is 47.5 Å². The van der Waals surface area contributed by atoms with Crippen LogP contribution in [-0.4, -0.2) is 6.21 Å². The molecule has 0 fully saturated rings. The molecule has 0 saturated carbocycles. The molecule has 24 heavy (non-hydrogen) atoms. The number of rotatable bonds is 3. The smallest absolute Gasteiger partial charge is 1.00 e. The Kier molecular flexibility index (Phi) is 11.9. The number of hydrogen-bond donors (Lipinski definition) is 0. The van der Waals surface area contributed by atoms with Gasteiger partial charge in [-0.3, -0.25) is 0 Å². The molecule has 2 aromatic carbocycles. The normalized spacial score (nSPS) is 10.8. The predicted octanol–water partition coefficient (Wildman–Crippen LogP) is -0.336. The van der Waals surface area contributed by atoms with E-state index in [1.165, 1.54) is 11.1 Å². The number of halogens is 2. The molecular weight excluding hydrogens is 373 g/mol. The van der Waals surface area contributed by atoms with Crippen molar-refractivity contribution in [2.75, 3.05) is 0 Å². The minimum Gasteiger partial charge on any atom is -1.00 e. The minimum absolute atomic E-state index is 0. The van der Waals surface area contributed by atoms with Crippen LogP contribution in [0.4, 0.5) is 5.69 Å². The summed E-state index contributed by atoms with van der Waals surface area (Å²) in [7, 11) is 0. The van der Waals surface area contributed by atoms with Crippen LogP contribution in [0.25, 0.3) is 0 Å². The third-order valence-electron chi connectivity index (χ3n) is 3.53. The summed E-state index contributed by atoms with van der Waals surface area (Å²) in [5.41, 5.74) is 4.67. The van der Waals surface area contributed by atoms with Crippen molar-refractivity contribution < 1.29 is 46.5 Å². The summed E-state index contributed by atoms with van der Waals surface area (Å²) < 4.78 is 0. The fourth-order valence-electron chi connectivity index (χ4n) is 2.23. The Labute approximate surface area is 174 Å². The summed E-state index contributed by atoms with van der Waals surface area (Å²) in [5.74, 6) is 0.475. The zero-order valence-electron chi connectivity index (χ0n) is 14.9. The molecule has 0 bridgehead atoms. The molecule has 1 nitrogen and oxygen atoms in total. The van der Waals surface area contributed by atoms with Gasteiger partial charge in [0.25, 0.3) is 0 Å². The van der Waals surface area contributed by atoms with Gasteiger partial charge in [0.05, 0.1) is 5.69 Å². The summed E-state index contributed by atoms with van der Waals surface area (Å²) in [6, 6.07) is 18.0. The van der Waals surface area contributed by atoms with E-state index in [9.17, 15) is 0 Å². The van der Waals surface area contributed by atoms with Crippen LogP contribution < -0.4 is 24.8 Å². The third-order valence-corrected chi connectivity index (χ3v) is 3.53. The van der Waals surface area contributed by atoms with Crippen molar-refractivity contribution in [3.05, 3.63) is 65.2 Å². The fraction of sp³-hybridized carbons (Fsp3) is 0.350. The van der Waals surface area contributed by atoms with E-state index >= 15 is 0 Å². The molecule has 0 aliphatic heterocycles. The Morgan fingerprint density at radius 1 is 0.958 bits per heavy atom. The van der Waals surface area contributed by atoms with E-state index in [1.807, 2.05) is 12.3 Å². The van der Waals surface area contributed by atoms with E-state index in [1.54, 1.807) is 0 Å². The van der Waals surface area contributed by atoms with Gasteiger partial charge in [0.15, 0.2) is 0 Å². The molecule has 0 amide bonds. The number of aliphatic imine (C=N–C) groups is 1. The second-order valence-corrected chi connectivity index (χ2v) is 6.74. The molecule has 2 rings (SSSR count). The average Bonchev–Trinajstić information content (AvgIpc) is 2.45. The van der Waals surface area contributed by atoms with Gasteiger partial charge in [0.2, 0.25) is 0 Å². The van der Waals surface area contributed by atoms with Crippen molar-refractivity contribution in [1.82, 2.24) is 0 Å². The second-order valence-electron chi connectivity index (χ2n) is 6.74. The Bertz CT molecular complexity index is 646. The number of hydrogen-bond acceptors (Lipinski definition) is 1. The topological polar surface area (TPSA) is 12.4 Å². The van der Waals surface area contributed by atoms with Crippen molar-refractivity contribution in [3.63, 3.8) is 0 Å². The molecule has 2 aromatic rings. The number of benzene rings is 2. The van der Waals surface area contributed by atoms with Gasteiger partial charge in [-0.15, -0.1) is 35.4 Å². The van der Waals surface area contributed by atoms with Crippen molar-refractivity contribution in [3.8, 4) is 0 Å². The maximum Gasteiger partial charge on any atom is 3.00 e. The van der Waals surface area contributed by atoms with Crippen molar-refractivity contribution >= 4 is 11.9 Å². The van der Waals surface area contributed by atoms with Gasteiger partial charge < -0.3 is 29.8 Å². The van der Waals surface area contributed by atoms with Crippen LogP contribution in [-0.2, 0) is 27.1 Å². The average molecular weight is 397 g/mol. The minimum atomic E-state index is 0. The molecule has 1 radical (unpaired) electrons. The van der Waals surface area contributed by atoms with Crippen molar-refractivity contribution in [2.45, 2.75) is 46.0 Å². The van der Waals surface area contributed by atoms with Gasteiger partial charge in [-0.2, -0.15) is 0 Å². The molecule has 0 spiro atoms. The monoisotopic (exact) mass is 396 g/mol. The van der Waals surface area contributed by atoms with Crippen LogP contribution in [0.2, 0.25) is 0 Å². The van der Waals surface area contributed by atoms with E-state index in [4.69, 9.17) is 0 Å². The van der Waals surface area contributed by atoms with Crippen molar-refractivity contribution in [2.24, 2.45) is 4.99 Å². The Hall–Kier alpha value is -0.596. The van der Waals surface area contributed by atoms with E-state index in [-0.39, 0.29) is 51.9 Å². The zero-order chi connectivity index (χ0) is 15.5. The van der Waals surface area contributed by atoms with Gasteiger partial charge in [-0.05, 0) is 29.2 Å². The Morgan fingerprint density at radius 2 is 1.58 bits per heavy atom. The molecule has 0 aliphatic rings. The summed E-state index contributed by atoms with van der Waals surface area (Å²) in [6.45, 7) is 11.0. The zero-order valence-corrected chi connectivity index (χ0v) is 18.0. The van der Waals surface area contributed by atoms with E-state index in [2.05, 4.69) is 82.1 Å². The molecule has 0 unspecified atom stereocenters. The van der Waals surface area contributed by atoms with Crippen LogP contribution >= 0.6 is 0 Å². The summed E-state index contributed by atoms with van der Waals surface area (Å²) in [4.78, 5) is 4.66. The van der Waals surface area contributed by atoms with Crippen LogP contribution in [0.1, 0.15) is 57.2 Å². The maximum absolute atomic E-state index is 4.66. The molecule has 0 heterocycles. The van der Waals surface area contributed by atoms with E-state index < -0.39 is 0 Å². The molecular formula is C20H24Cl2NTi. The van der Waals surface area contributed by atoms with Gasteiger partial charge in [-0.25, -0.2) is 0 Å². The number of para-hydroxylation sites is 1. The standard InChI is InChI=1S/C20H24N.2ClH.Ti/c1-15(2)18-11-6-7-12-19(18)21-14-16-9-8-10-17(13-16)20(3,4)5;;;/h6-12,14-15H,1-5H3;2*1H;/q-1;;;+3/p-2. The SMILES string of the molecule is CC(C)c1ccccc1N=Cc1[c-]c(C(C)(C)C)ccc1.[Cl-].[Cl-].[Ti+3]. The van der Waals surface area contributed by atoms with Crippen LogP contribution in [0, 0.1) is 6.07 Å². The molecule has 127 valence electrons. The Balaban J connectivity index is 0. The first kappa shape index (κ1) is 25.6. The van der Waals surface area contributed by atoms with Crippen molar-refractivity contribution in [1.29, 1.82) is 0 Å². The first-order valence-corrected chi connectivity index (χ1v) is 7.54. The van der Waals surface area contributed by atoms with Gasteiger partial charge in [-0.1, -0.05) is 52.8 Å². The van der Waals surface area contributed by atoms with E-state index in [0.717, 1.165) is 11.3 Å². The summed E-state index contributed by atoms with van der Waals surface area (Å²) >= 11 is 0. The molecule has 0 saturated heterocycles. The molecule has 0 aromatic heterocycles. The first-order chi connectivity index (χ1) is 9.88.